The van der Waals surface area contributed by atoms with E-state index in [1.807, 2.05) is 38.1 Å². The Balaban J connectivity index is 1.47. The van der Waals surface area contributed by atoms with Crippen LogP contribution in [0.1, 0.15) is 53.6 Å². The summed E-state index contributed by atoms with van der Waals surface area (Å²) in [5.74, 6) is -0.818. The fourth-order valence-corrected chi connectivity index (χ4v) is 7.12. The first-order valence-corrected chi connectivity index (χ1v) is 16.2. The highest BCUT2D eigenvalue weighted by Crippen LogP contribution is 2.42. The zero-order chi connectivity index (χ0) is 31.1. The molecule has 3 aromatic carbocycles. The minimum atomic E-state index is -3.55. The molecule has 0 spiro atoms. The Kier molecular flexibility index (Phi) is 10.6. The first kappa shape index (κ1) is 32.2. The van der Waals surface area contributed by atoms with Gasteiger partial charge in [-0.15, -0.1) is 0 Å². The van der Waals surface area contributed by atoms with Crippen molar-refractivity contribution in [2.45, 2.75) is 59.0 Å². The maximum atomic E-state index is 13.7. The van der Waals surface area contributed by atoms with Crippen LogP contribution in [0.2, 0.25) is 0 Å². The van der Waals surface area contributed by atoms with Gasteiger partial charge in [0.1, 0.15) is 29.4 Å². The van der Waals surface area contributed by atoms with Crippen molar-refractivity contribution in [3.63, 3.8) is 0 Å². The SMILES string of the molecule is CCOC(=O)C1C[C@H](C(=O)OCC)NP(=O)(COc2cc(C)c(Cc3ccc(O)c(Cc4ccc(F)cc4)c3)c(C)c2)N1. The number of aromatic hydroxyl groups is 1. The van der Waals surface area contributed by atoms with E-state index in [1.165, 1.54) is 12.1 Å². The van der Waals surface area contributed by atoms with Crippen molar-refractivity contribution < 1.29 is 37.9 Å². The third kappa shape index (κ3) is 8.44. The molecule has 2 unspecified atom stereocenters. The van der Waals surface area contributed by atoms with Gasteiger partial charge < -0.3 is 19.3 Å². The zero-order valence-corrected chi connectivity index (χ0v) is 25.7. The van der Waals surface area contributed by atoms with Gasteiger partial charge in [0.25, 0.3) is 0 Å². The van der Waals surface area contributed by atoms with E-state index < -0.39 is 31.5 Å². The van der Waals surface area contributed by atoms with E-state index in [-0.39, 0.29) is 37.5 Å². The van der Waals surface area contributed by atoms with Crippen molar-refractivity contribution >= 4 is 19.4 Å². The second-order valence-electron chi connectivity index (χ2n) is 10.6. The second-order valence-corrected chi connectivity index (χ2v) is 12.8. The van der Waals surface area contributed by atoms with Crippen molar-refractivity contribution in [3.8, 4) is 11.5 Å². The van der Waals surface area contributed by atoms with Crippen LogP contribution < -0.4 is 14.9 Å². The van der Waals surface area contributed by atoms with Gasteiger partial charge in [-0.2, -0.15) is 0 Å². The number of hydrogen-bond donors (Lipinski definition) is 3. The summed E-state index contributed by atoms with van der Waals surface area (Å²) >= 11 is 0. The molecular formula is C32H38FN2O7P. The van der Waals surface area contributed by atoms with E-state index in [2.05, 4.69) is 10.2 Å². The number of phenols is 1. The molecular weight excluding hydrogens is 574 g/mol. The Morgan fingerprint density at radius 2 is 1.44 bits per heavy atom. The maximum absolute atomic E-state index is 13.7. The molecule has 0 aromatic heterocycles. The largest absolute Gasteiger partial charge is 0.508 e. The lowest BCUT2D eigenvalue weighted by Gasteiger charge is -2.34. The fraction of sp³-hybridized carbons (Fsp3) is 0.375. The molecule has 230 valence electrons. The van der Waals surface area contributed by atoms with E-state index in [9.17, 15) is 23.7 Å². The molecule has 43 heavy (non-hydrogen) atoms. The fourth-order valence-electron chi connectivity index (χ4n) is 5.14. The average Bonchev–Trinajstić information content (AvgIpc) is 2.96. The quantitative estimate of drug-likeness (QED) is 0.195. The maximum Gasteiger partial charge on any atom is 0.323 e. The van der Waals surface area contributed by atoms with Crippen LogP contribution >= 0.6 is 7.44 Å². The number of phenolic OH excluding ortho intramolecular Hbond substituents is 1. The topological polar surface area (TPSA) is 123 Å². The number of benzene rings is 3. The first-order valence-electron chi connectivity index (χ1n) is 14.3. The molecule has 0 bridgehead atoms. The molecule has 9 nitrogen and oxygen atoms in total. The van der Waals surface area contributed by atoms with Gasteiger partial charge in [0, 0.05) is 12.8 Å². The summed E-state index contributed by atoms with van der Waals surface area (Å²) in [6.45, 7) is 7.57. The molecule has 0 amide bonds. The van der Waals surface area contributed by atoms with Gasteiger partial charge in [-0.3, -0.25) is 14.2 Å². The molecule has 1 aliphatic rings. The van der Waals surface area contributed by atoms with Crippen LogP contribution in [-0.4, -0.2) is 48.7 Å². The Labute approximate surface area is 251 Å². The van der Waals surface area contributed by atoms with E-state index in [0.717, 1.165) is 33.4 Å². The molecule has 3 N–H and O–H groups in total. The van der Waals surface area contributed by atoms with Gasteiger partial charge in [-0.25, -0.2) is 14.6 Å². The molecule has 0 radical (unpaired) electrons. The highest BCUT2D eigenvalue weighted by Gasteiger charge is 2.43. The number of ether oxygens (including phenoxy) is 3. The van der Waals surface area contributed by atoms with E-state index >= 15 is 0 Å². The van der Waals surface area contributed by atoms with E-state index in [0.29, 0.717) is 18.6 Å². The van der Waals surface area contributed by atoms with Crippen LogP contribution in [0, 0.1) is 19.7 Å². The molecule has 0 saturated carbocycles. The first-order chi connectivity index (χ1) is 20.5. The number of nitrogens with one attached hydrogen (secondary N) is 2. The number of aryl methyl sites for hydroxylation is 2. The number of carbonyl (C=O) groups is 2. The van der Waals surface area contributed by atoms with Crippen LogP contribution in [-0.2, 0) is 36.5 Å². The summed E-state index contributed by atoms with van der Waals surface area (Å²) in [6, 6.07) is 13.5. The highest BCUT2D eigenvalue weighted by molar-refractivity contribution is 7.59. The normalized spacial score (nSPS) is 19.9. The number of rotatable bonds is 11. The zero-order valence-electron chi connectivity index (χ0n) is 24.8. The summed E-state index contributed by atoms with van der Waals surface area (Å²) in [5.41, 5.74) is 5.64. The Bertz CT molecular complexity index is 1460. The minimum Gasteiger partial charge on any atom is -0.508 e. The number of carbonyl (C=O) groups excluding carboxylic acids is 2. The second kappa shape index (κ2) is 14.2. The van der Waals surface area contributed by atoms with Gasteiger partial charge >= 0.3 is 11.9 Å². The third-order valence-electron chi connectivity index (χ3n) is 7.26. The molecule has 1 aliphatic heterocycles. The lowest BCUT2D eigenvalue weighted by molar-refractivity contribution is -0.148. The van der Waals surface area contributed by atoms with E-state index in [4.69, 9.17) is 14.2 Å². The van der Waals surface area contributed by atoms with E-state index in [1.54, 1.807) is 32.0 Å². The summed E-state index contributed by atoms with van der Waals surface area (Å²) in [6.07, 6.45) is 0.818. The van der Waals surface area contributed by atoms with Crippen LogP contribution in [0.15, 0.2) is 54.6 Å². The predicted molar refractivity (Wildman–Crippen MR) is 161 cm³/mol. The predicted octanol–water partition coefficient (Wildman–Crippen LogP) is 5.31. The lowest BCUT2D eigenvalue weighted by atomic mass is 9.93. The standard InChI is InChI=1S/C32H38FN2O7P/c1-5-40-31(37)28-18-29(32(38)41-6-2)35-43(39,34-28)19-42-26-13-20(3)27(21(4)14-26)17-23-9-12-30(36)24(16-23)15-22-7-10-25(33)11-8-22/h7-14,16,28-29,36H,5-6,15,17-19H2,1-4H3,(H2,34,35,39)/t28-,29?,43?/m1/s1. The minimum absolute atomic E-state index is 0.0391. The Morgan fingerprint density at radius 3 is 2.00 bits per heavy atom. The smallest absolute Gasteiger partial charge is 0.323 e. The van der Waals surface area contributed by atoms with Crippen LogP contribution in [0.4, 0.5) is 4.39 Å². The molecule has 1 heterocycles. The van der Waals surface area contributed by atoms with Crippen LogP contribution in [0.5, 0.6) is 11.5 Å². The van der Waals surface area contributed by atoms with Gasteiger partial charge in [0.05, 0.1) is 13.2 Å². The van der Waals surface area contributed by atoms with Gasteiger partial charge in [0.15, 0.2) is 6.35 Å². The van der Waals surface area contributed by atoms with Crippen molar-refractivity contribution in [2.24, 2.45) is 0 Å². The average molecular weight is 613 g/mol. The number of hydrogen-bond acceptors (Lipinski definition) is 7. The molecule has 4 rings (SSSR count). The monoisotopic (exact) mass is 612 g/mol. The lowest BCUT2D eigenvalue weighted by Crippen LogP contribution is -2.54. The summed E-state index contributed by atoms with van der Waals surface area (Å²) < 4.78 is 43.2. The number of halogens is 1. The number of esters is 2. The van der Waals surface area contributed by atoms with Crippen molar-refractivity contribution in [1.29, 1.82) is 0 Å². The molecule has 11 heteroatoms. The molecule has 3 aromatic rings. The van der Waals surface area contributed by atoms with Crippen LogP contribution in [0.3, 0.4) is 0 Å². The molecule has 1 saturated heterocycles. The van der Waals surface area contributed by atoms with Gasteiger partial charge in [-0.05, 0) is 97.8 Å². The van der Waals surface area contributed by atoms with Gasteiger partial charge in [0.2, 0.25) is 7.44 Å². The third-order valence-corrected chi connectivity index (χ3v) is 9.21. The molecule has 1 fully saturated rings. The highest BCUT2D eigenvalue weighted by atomic mass is 31.2. The van der Waals surface area contributed by atoms with Gasteiger partial charge in [-0.1, -0.05) is 24.3 Å². The Hall–Kier alpha value is -3.72. The van der Waals surface area contributed by atoms with Crippen LogP contribution in [0.25, 0.3) is 0 Å². The summed E-state index contributed by atoms with van der Waals surface area (Å²) in [5, 5.41) is 16.0. The summed E-state index contributed by atoms with van der Waals surface area (Å²) in [4.78, 5) is 24.9. The molecule has 0 aliphatic carbocycles. The van der Waals surface area contributed by atoms with Crippen molar-refractivity contribution in [1.82, 2.24) is 10.2 Å². The van der Waals surface area contributed by atoms with Crippen molar-refractivity contribution in [3.05, 3.63) is 93.8 Å². The molecule has 3 atom stereocenters. The van der Waals surface area contributed by atoms with Crippen molar-refractivity contribution in [2.75, 3.05) is 19.6 Å². The Morgan fingerprint density at radius 1 is 0.884 bits per heavy atom. The summed E-state index contributed by atoms with van der Waals surface area (Å²) in [7, 11) is -3.55.